The molecule has 8 nitrogen and oxygen atoms in total. The van der Waals surface area contributed by atoms with Gasteiger partial charge in [-0.15, -0.1) is 0 Å². The zero-order valence-electron chi connectivity index (χ0n) is 17.3. The monoisotopic (exact) mass is 423 g/mol. The zero-order chi connectivity index (χ0) is 21.8. The molecule has 1 heterocycles. The highest BCUT2D eigenvalue weighted by molar-refractivity contribution is 6.07. The van der Waals surface area contributed by atoms with Crippen LogP contribution in [0.25, 0.3) is 0 Å². The van der Waals surface area contributed by atoms with Gasteiger partial charge in [0.2, 0.25) is 5.91 Å². The van der Waals surface area contributed by atoms with E-state index in [1.165, 1.54) is 0 Å². The first kappa shape index (κ1) is 20.7. The Kier molecular flexibility index (Phi) is 5.79. The van der Waals surface area contributed by atoms with Gasteiger partial charge in [0.25, 0.3) is 5.91 Å². The normalized spacial score (nSPS) is 17.0. The Morgan fingerprint density at radius 2 is 1.74 bits per heavy atom. The molecule has 8 heteroatoms. The maximum atomic E-state index is 12.6. The molecule has 31 heavy (non-hydrogen) atoms. The molecule has 2 fully saturated rings. The van der Waals surface area contributed by atoms with Crippen molar-refractivity contribution < 1.29 is 23.9 Å². The number of methoxy groups -OCH3 is 1. The highest BCUT2D eigenvalue weighted by Crippen LogP contribution is 2.35. The quantitative estimate of drug-likeness (QED) is 0.662. The Bertz CT molecular complexity index is 983. The van der Waals surface area contributed by atoms with E-state index in [0.717, 1.165) is 17.7 Å². The number of carbonyl (C=O) groups excluding carboxylic acids is 3. The van der Waals surface area contributed by atoms with E-state index >= 15 is 0 Å². The summed E-state index contributed by atoms with van der Waals surface area (Å²) in [4.78, 5) is 38.3. The van der Waals surface area contributed by atoms with E-state index in [2.05, 4.69) is 10.6 Å². The first-order valence-electron chi connectivity index (χ1n) is 10.4. The molecular weight excluding hydrogens is 398 g/mol. The number of ether oxygens (including phenoxy) is 2. The zero-order valence-corrected chi connectivity index (χ0v) is 17.3. The summed E-state index contributed by atoms with van der Waals surface area (Å²) in [6.45, 7) is 0.0627. The number of nitrogens with one attached hydrogen (secondary N) is 2. The SMILES string of the molecule is COc1ccccc1Oc1ccc(NC(=O)CCN2C(=O)NC3(CCCC3)C2=O)cc1. The molecule has 162 valence electrons. The van der Waals surface area contributed by atoms with Gasteiger partial charge in [-0.1, -0.05) is 25.0 Å². The Morgan fingerprint density at radius 3 is 2.42 bits per heavy atom. The lowest BCUT2D eigenvalue weighted by Gasteiger charge is -2.19. The molecule has 4 rings (SSSR count). The van der Waals surface area contributed by atoms with Gasteiger partial charge < -0.3 is 20.1 Å². The summed E-state index contributed by atoms with van der Waals surface area (Å²) in [5.41, 5.74) is -0.146. The molecule has 1 saturated carbocycles. The fourth-order valence-corrected chi connectivity index (χ4v) is 4.07. The summed E-state index contributed by atoms with van der Waals surface area (Å²) in [6, 6.07) is 13.9. The lowest BCUT2D eigenvalue weighted by atomic mass is 9.98. The Balaban J connectivity index is 1.30. The fraction of sp³-hybridized carbons (Fsp3) is 0.348. The van der Waals surface area contributed by atoms with Crippen molar-refractivity contribution in [2.24, 2.45) is 0 Å². The van der Waals surface area contributed by atoms with Crippen LogP contribution < -0.4 is 20.1 Å². The van der Waals surface area contributed by atoms with Gasteiger partial charge in [-0.25, -0.2) is 4.79 Å². The molecule has 2 N–H and O–H groups in total. The molecule has 1 spiro atoms. The van der Waals surface area contributed by atoms with Crippen LogP contribution in [0.4, 0.5) is 10.5 Å². The molecule has 4 amide bonds. The Morgan fingerprint density at radius 1 is 1.06 bits per heavy atom. The van der Waals surface area contributed by atoms with E-state index in [0.29, 0.717) is 35.8 Å². The number of nitrogens with zero attached hydrogens (tertiary/aromatic N) is 1. The molecule has 2 aromatic carbocycles. The second-order valence-electron chi connectivity index (χ2n) is 7.75. The van der Waals surface area contributed by atoms with Crippen molar-refractivity contribution >= 4 is 23.5 Å². The molecule has 1 aliphatic heterocycles. The fourth-order valence-electron chi connectivity index (χ4n) is 4.07. The van der Waals surface area contributed by atoms with Crippen molar-refractivity contribution in [2.45, 2.75) is 37.6 Å². The maximum Gasteiger partial charge on any atom is 0.325 e. The highest BCUT2D eigenvalue weighted by atomic mass is 16.5. The average molecular weight is 423 g/mol. The van der Waals surface area contributed by atoms with Crippen molar-refractivity contribution in [3.8, 4) is 17.2 Å². The summed E-state index contributed by atoms with van der Waals surface area (Å²) in [5.74, 6) is 1.34. The van der Waals surface area contributed by atoms with E-state index in [1.54, 1.807) is 37.4 Å². The Hall–Kier alpha value is -3.55. The second kappa shape index (κ2) is 8.67. The van der Waals surface area contributed by atoms with E-state index in [1.807, 2.05) is 18.2 Å². The van der Waals surface area contributed by atoms with Crippen LogP contribution in [0.3, 0.4) is 0 Å². The van der Waals surface area contributed by atoms with Gasteiger partial charge in [0.05, 0.1) is 7.11 Å². The number of urea groups is 1. The van der Waals surface area contributed by atoms with Crippen molar-refractivity contribution in [2.75, 3.05) is 19.0 Å². The van der Waals surface area contributed by atoms with Crippen molar-refractivity contribution in [3.05, 3.63) is 48.5 Å². The summed E-state index contributed by atoms with van der Waals surface area (Å²) < 4.78 is 11.1. The molecular formula is C23H25N3O5. The smallest absolute Gasteiger partial charge is 0.325 e. The van der Waals surface area contributed by atoms with Gasteiger partial charge >= 0.3 is 6.03 Å². The van der Waals surface area contributed by atoms with E-state index in [4.69, 9.17) is 9.47 Å². The predicted octanol–water partition coefficient (Wildman–Crippen LogP) is 3.68. The van der Waals surface area contributed by atoms with Gasteiger partial charge in [-0.2, -0.15) is 0 Å². The van der Waals surface area contributed by atoms with Crippen LogP contribution in [0, 0.1) is 0 Å². The van der Waals surface area contributed by atoms with Crippen LogP contribution in [-0.4, -0.2) is 41.9 Å². The summed E-state index contributed by atoms with van der Waals surface area (Å²) in [6.07, 6.45) is 3.23. The van der Waals surface area contributed by atoms with Crippen LogP contribution in [0.2, 0.25) is 0 Å². The van der Waals surface area contributed by atoms with Crippen LogP contribution in [0.1, 0.15) is 32.1 Å². The minimum absolute atomic E-state index is 0.0364. The van der Waals surface area contributed by atoms with Crippen LogP contribution in [0.5, 0.6) is 17.2 Å². The van der Waals surface area contributed by atoms with E-state index < -0.39 is 11.6 Å². The second-order valence-corrected chi connectivity index (χ2v) is 7.75. The van der Waals surface area contributed by atoms with Crippen LogP contribution >= 0.6 is 0 Å². The third kappa shape index (κ3) is 4.33. The van der Waals surface area contributed by atoms with Gasteiger partial charge in [0.15, 0.2) is 11.5 Å². The van der Waals surface area contributed by atoms with Crippen molar-refractivity contribution in [1.82, 2.24) is 10.2 Å². The predicted molar refractivity (Wildman–Crippen MR) is 114 cm³/mol. The standard InChI is InChI=1S/C23H25N3O5/c1-30-18-6-2-3-7-19(18)31-17-10-8-16(9-11-17)24-20(27)12-15-26-21(28)23(25-22(26)29)13-4-5-14-23/h2-3,6-11H,4-5,12-15H2,1H3,(H,24,27)(H,25,29). The van der Waals surface area contributed by atoms with Gasteiger partial charge in [0.1, 0.15) is 11.3 Å². The van der Waals surface area contributed by atoms with Crippen LogP contribution in [-0.2, 0) is 9.59 Å². The third-order valence-corrected chi connectivity index (χ3v) is 5.70. The minimum Gasteiger partial charge on any atom is -0.493 e. The number of rotatable bonds is 7. The van der Waals surface area contributed by atoms with Gasteiger partial charge in [-0.3, -0.25) is 14.5 Å². The van der Waals surface area contributed by atoms with E-state index in [9.17, 15) is 14.4 Å². The summed E-state index contributed by atoms with van der Waals surface area (Å²) >= 11 is 0. The molecule has 0 unspecified atom stereocenters. The first-order chi connectivity index (χ1) is 15.0. The van der Waals surface area contributed by atoms with Crippen molar-refractivity contribution in [3.63, 3.8) is 0 Å². The lowest BCUT2D eigenvalue weighted by molar-refractivity contribution is -0.131. The third-order valence-electron chi connectivity index (χ3n) is 5.70. The average Bonchev–Trinajstić information content (AvgIpc) is 3.33. The molecule has 0 bridgehead atoms. The van der Waals surface area contributed by atoms with Gasteiger partial charge in [-0.05, 0) is 49.2 Å². The van der Waals surface area contributed by atoms with Gasteiger partial charge in [0, 0.05) is 18.7 Å². The van der Waals surface area contributed by atoms with Crippen LogP contribution in [0.15, 0.2) is 48.5 Å². The molecule has 2 aliphatic rings. The number of imide groups is 1. The number of benzene rings is 2. The summed E-state index contributed by atoms with van der Waals surface area (Å²) in [7, 11) is 1.58. The van der Waals surface area contributed by atoms with Crippen molar-refractivity contribution in [1.29, 1.82) is 0 Å². The number of hydrogen-bond acceptors (Lipinski definition) is 5. The number of anilines is 1. The number of hydrogen-bond donors (Lipinski definition) is 2. The van der Waals surface area contributed by atoms with E-state index in [-0.39, 0.29) is 24.8 Å². The number of carbonyl (C=O) groups is 3. The number of para-hydroxylation sites is 2. The molecule has 1 aliphatic carbocycles. The topological polar surface area (TPSA) is 97.0 Å². The summed E-state index contributed by atoms with van der Waals surface area (Å²) in [5, 5.41) is 5.60. The highest BCUT2D eigenvalue weighted by Gasteiger charge is 2.52. The largest absolute Gasteiger partial charge is 0.493 e. The number of amides is 4. The molecule has 2 aromatic rings. The molecule has 1 saturated heterocycles. The molecule has 0 atom stereocenters. The first-order valence-corrected chi connectivity index (χ1v) is 10.4. The molecule has 0 radical (unpaired) electrons. The minimum atomic E-state index is -0.745. The Labute approximate surface area is 180 Å². The lowest BCUT2D eigenvalue weighted by Crippen LogP contribution is -2.44. The maximum absolute atomic E-state index is 12.6. The molecule has 0 aromatic heterocycles.